The van der Waals surface area contributed by atoms with Crippen LogP contribution < -0.4 is 14.2 Å². The third kappa shape index (κ3) is 6.44. The van der Waals surface area contributed by atoms with Gasteiger partial charge in [-0.3, -0.25) is 9.59 Å². The highest BCUT2D eigenvalue weighted by Gasteiger charge is 2.36. The van der Waals surface area contributed by atoms with Gasteiger partial charge in [-0.2, -0.15) is 0 Å². The maximum atomic E-state index is 13.5. The van der Waals surface area contributed by atoms with Gasteiger partial charge in [-0.25, -0.2) is 4.79 Å². The van der Waals surface area contributed by atoms with Gasteiger partial charge in [0.2, 0.25) is 0 Å². The summed E-state index contributed by atoms with van der Waals surface area (Å²) in [5, 5.41) is 0. The van der Waals surface area contributed by atoms with Gasteiger partial charge >= 0.3 is 11.9 Å². The van der Waals surface area contributed by atoms with Crippen LogP contribution in [0, 0.1) is 0 Å². The van der Waals surface area contributed by atoms with Crippen LogP contribution >= 0.6 is 0 Å². The summed E-state index contributed by atoms with van der Waals surface area (Å²) >= 11 is 0. The Bertz CT molecular complexity index is 1210. The SMILES string of the molecule is COc1c2c(cc3c1[C@H](c1ccc(OC(C)C)cc1)CC(=O)O3)C=CCCCC(=O)CCC[C@@H](C)OC2=O. The molecule has 4 rings (SSSR count). The van der Waals surface area contributed by atoms with Crippen molar-refractivity contribution in [2.24, 2.45) is 0 Å². The minimum absolute atomic E-state index is 0.0447. The average molecular weight is 521 g/mol. The number of allylic oxidation sites excluding steroid dienone is 1. The summed E-state index contributed by atoms with van der Waals surface area (Å²) in [5.41, 5.74) is 2.40. The molecule has 0 saturated carbocycles. The Morgan fingerprint density at radius 1 is 1.03 bits per heavy atom. The molecular formula is C31H36O7. The van der Waals surface area contributed by atoms with E-state index < -0.39 is 5.97 Å². The van der Waals surface area contributed by atoms with Crippen LogP contribution in [0.15, 0.2) is 36.4 Å². The number of cyclic esters (lactones) is 1. The maximum Gasteiger partial charge on any atom is 0.342 e. The molecule has 2 aromatic carbocycles. The largest absolute Gasteiger partial charge is 0.495 e. The zero-order valence-electron chi connectivity index (χ0n) is 22.6. The molecule has 2 aromatic rings. The maximum absolute atomic E-state index is 13.5. The highest BCUT2D eigenvalue weighted by molar-refractivity contribution is 5.99. The minimum atomic E-state index is -0.503. The standard InChI is InChI=1S/C31H36O7/c1-19(2)36-24-15-13-21(14-16-24)25-18-27(33)38-26-17-22-10-6-5-7-11-23(32)12-8-9-20(3)37-31(34)28(22)30(35-4)29(25)26/h6,10,13-17,19-20,25H,5,7-9,11-12,18H2,1-4H3/t20-,25+/m1/s1. The summed E-state index contributed by atoms with van der Waals surface area (Å²) in [4.78, 5) is 38.3. The number of ketones is 1. The summed E-state index contributed by atoms with van der Waals surface area (Å²) in [6.45, 7) is 5.76. The molecule has 7 heteroatoms. The van der Waals surface area contributed by atoms with E-state index in [1.54, 1.807) is 6.07 Å². The number of hydrogen-bond acceptors (Lipinski definition) is 7. The van der Waals surface area contributed by atoms with Crippen LogP contribution in [-0.2, 0) is 14.3 Å². The van der Waals surface area contributed by atoms with Crippen LogP contribution in [-0.4, -0.2) is 37.0 Å². The van der Waals surface area contributed by atoms with Gasteiger partial charge in [-0.15, -0.1) is 0 Å². The second kappa shape index (κ2) is 12.3. The summed E-state index contributed by atoms with van der Waals surface area (Å²) in [7, 11) is 1.51. The van der Waals surface area contributed by atoms with Crippen LogP contribution in [0.1, 0.15) is 98.7 Å². The summed E-state index contributed by atoms with van der Waals surface area (Å²) in [6.07, 6.45) is 7.25. The molecule has 0 bridgehead atoms. The predicted octanol–water partition coefficient (Wildman–Crippen LogP) is 6.41. The van der Waals surface area contributed by atoms with Crippen LogP contribution in [0.4, 0.5) is 0 Å². The minimum Gasteiger partial charge on any atom is -0.495 e. The summed E-state index contributed by atoms with van der Waals surface area (Å²) < 4.78 is 23.1. The average Bonchev–Trinajstić information content (AvgIpc) is 2.86. The number of rotatable bonds is 4. The quantitative estimate of drug-likeness (QED) is 0.340. The first-order valence-corrected chi connectivity index (χ1v) is 13.4. The molecule has 2 aliphatic rings. The number of benzene rings is 2. The van der Waals surface area contributed by atoms with Crippen LogP contribution in [0.3, 0.4) is 0 Å². The first-order valence-electron chi connectivity index (χ1n) is 13.4. The molecule has 0 aliphatic carbocycles. The number of hydrogen-bond donors (Lipinski definition) is 0. The van der Waals surface area contributed by atoms with Crippen molar-refractivity contribution in [2.75, 3.05) is 7.11 Å². The van der Waals surface area contributed by atoms with E-state index in [9.17, 15) is 14.4 Å². The third-order valence-corrected chi connectivity index (χ3v) is 6.82. The van der Waals surface area contributed by atoms with Gasteiger partial charge in [0.25, 0.3) is 0 Å². The molecular weight excluding hydrogens is 484 g/mol. The fourth-order valence-electron chi connectivity index (χ4n) is 5.05. The van der Waals surface area contributed by atoms with Gasteiger partial charge in [-0.05, 0) is 75.8 Å². The number of esters is 2. The molecule has 202 valence electrons. The van der Waals surface area contributed by atoms with Gasteiger partial charge in [0.1, 0.15) is 28.6 Å². The van der Waals surface area contributed by atoms with Crippen molar-refractivity contribution < 1.29 is 33.3 Å². The molecule has 2 atom stereocenters. The number of Topliss-reactive ketones (excluding diaryl/α,β-unsaturated/α-hetero) is 1. The van der Waals surface area contributed by atoms with Crippen molar-refractivity contribution in [1.82, 2.24) is 0 Å². The van der Waals surface area contributed by atoms with Crippen LogP contribution in [0.5, 0.6) is 17.2 Å². The zero-order chi connectivity index (χ0) is 27.2. The van der Waals surface area contributed by atoms with Gasteiger partial charge in [0.05, 0.1) is 25.7 Å². The first-order chi connectivity index (χ1) is 18.3. The monoisotopic (exact) mass is 520 g/mol. The molecule has 0 amide bonds. The van der Waals surface area contributed by atoms with Crippen molar-refractivity contribution in [2.45, 2.75) is 83.8 Å². The Hall–Kier alpha value is -3.61. The predicted molar refractivity (Wildman–Crippen MR) is 144 cm³/mol. The number of carbonyl (C=O) groups is 3. The molecule has 0 unspecified atom stereocenters. The third-order valence-electron chi connectivity index (χ3n) is 6.82. The van der Waals surface area contributed by atoms with E-state index in [1.807, 2.05) is 57.2 Å². The van der Waals surface area contributed by atoms with Crippen molar-refractivity contribution in [1.29, 1.82) is 0 Å². The van der Waals surface area contributed by atoms with Gasteiger partial charge in [-0.1, -0.05) is 24.3 Å². The lowest BCUT2D eigenvalue weighted by Crippen LogP contribution is -2.24. The van der Waals surface area contributed by atoms with Crippen LogP contribution in [0.25, 0.3) is 6.08 Å². The Kier molecular flexibility index (Phi) is 8.87. The molecule has 0 fully saturated rings. The molecule has 2 aliphatic heterocycles. The van der Waals surface area contributed by atoms with E-state index in [0.717, 1.165) is 17.7 Å². The van der Waals surface area contributed by atoms with E-state index in [4.69, 9.17) is 18.9 Å². The molecule has 0 spiro atoms. The lowest BCUT2D eigenvalue weighted by molar-refractivity contribution is -0.135. The van der Waals surface area contributed by atoms with Gasteiger partial charge in [0.15, 0.2) is 0 Å². The molecule has 0 aromatic heterocycles. The zero-order valence-corrected chi connectivity index (χ0v) is 22.6. The van der Waals surface area contributed by atoms with E-state index in [2.05, 4.69) is 0 Å². The number of ether oxygens (including phenoxy) is 4. The van der Waals surface area contributed by atoms with E-state index in [0.29, 0.717) is 60.3 Å². The highest BCUT2D eigenvalue weighted by Crippen LogP contribution is 2.47. The molecule has 0 radical (unpaired) electrons. The number of carbonyl (C=O) groups excluding carboxylic acids is 3. The number of methoxy groups -OCH3 is 1. The fraction of sp³-hybridized carbons (Fsp3) is 0.452. The second-order valence-corrected chi connectivity index (χ2v) is 10.2. The molecule has 7 nitrogen and oxygen atoms in total. The smallest absolute Gasteiger partial charge is 0.342 e. The van der Waals surface area contributed by atoms with Gasteiger partial charge in [0, 0.05) is 24.3 Å². The Morgan fingerprint density at radius 3 is 2.47 bits per heavy atom. The van der Waals surface area contributed by atoms with Crippen molar-refractivity contribution in [3.63, 3.8) is 0 Å². The molecule has 0 saturated heterocycles. The Balaban J connectivity index is 1.80. The highest BCUT2D eigenvalue weighted by atomic mass is 16.5. The lowest BCUT2D eigenvalue weighted by atomic mass is 9.83. The summed E-state index contributed by atoms with van der Waals surface area (Å²) in [5.74, 6) is 0.457. The summed E-state index contributed by atoms with van der Waals surface area (Å²) in [6, 6.07) is 9.33. The second-order valence-electron chi connectivity index (χ2n) is 10.2. The van der Waals surface area contributed by atoms with E-state index >= 15 is 0 Å². The normalized spacial score (nSPS) is 20.6. The van der Waals surface area contributed by atoms with E-state index in [1.165, 1.54) is 7.11 Å². The van der Waals surface area contributed by atoms with Crippen molar-refractivity contribution in [3.05, 3.63) is 58.7 Å². The Morgan fingerprint density at radius 2 is 1.76 bits per heavy atom. The first kappa shape index (κ1) is 27.4. The molecule has 0 N–H and O–H groups in total. The van der Waals surface area contributed by atoms with E-state index in [-0.39, 0.29) is 36.3 Å². The topological polar surface area (TPSA) is 88.1 Å². The van der Waals surface area contributed by atoms with Gasteiger partial charge < -0.3 is 18.9 Å². The van der Waals surface area contributed by atoms with Crippen LogP contribution in [0.2, 0.25) is 0 Å². The van der Waals surface area contributed by atoms with Crippen molar-refractivity contribution >= 4 is 23.8 Å². The lowest BCUT2D eigenvalue weighted by Gasteiger charge is -2.29. The number of fused-ring (bicyclic) bond motifs is 2. The fourth-order valence-corrected chi connectivity index (χ4v) is 5.05. The Labute approximate surface area is 224 Å². The van der Waals surface area contributed by atoms with Crippen molar-refractivity contribution in [3.8, 4) is 17.2 Å². The molecule has 2 heterocycles. The molecule has 38 heavy (non-hydrogen) atoms.